The Labute approximate surface area is 295 Å². The lowest BCUT2D eigenvalue weighted by molar-refractivity contribution is -0.649. The molecule has 7 amide bonds. The van der Waals surface area contributed by atoms with Crippen LogP contribution < -0.4 is 31.2 Å². The van der Waals surface area contributed by atoms with Crippen molar-refractivity contribution in [2.75, 3.05) is 43.1 Å². The van der Waals surface area contributed by atoms with Gasteiger partial charge in [0.05, 0.1) is 18.2 Å². The number of aromatic nitrogens is 1. The standard InChI is InChI=1S/C32H34N8O8S2/c1-3-12-34-38-13-10-22(11-14-38)49-17-21-18-50-30-32(33-19-41,29(47)40(30)24(21)28(45)46)36-25(42)23(20-8-6-5-7-9-20)35-31(48)39-16-15-37(4-2)26(43)27(39)44/h3,5-11,13-14,19,23,30,34H,1,4,12,15-18H2,2H3,(H3-,33,35,36,41,42,45,46,48)/t23-,30-,32-/m1/s1. The van der Waals surface area contributed by atoms with Crippen LogP contribution >= 0.6 is 23.5 Å². The highest BCUT2D eigenvalue weighted by atomic mass is 32.2. The normalized spacial score (nSPS) is 20.7. The summed E-state index contributed by atoms with van der Waals surface area (Å²) in [5, 5.41) is 18.7. The quantitative estimate of drug-likeness (QED) is 0.0333. The largest absolute Gasteiger partial charge is 0.543 e. The molecule has 18 heteroatoms. The number of rotatable bonds is 14. The van der Waals surface area contributed by atoms with E-state index in [0.717, 1.165) is 21.6 Å². The van der Waals surface area contributed by atoms with Gasteiger partial charge in [-0.2, -0.15) is 5.43 Å². The van der Waals surface area contributed by atoms with Crippen LogP contribution in [-0.4, -0.2) is 105 Å². The van der Waals surface area contributed by atoms with Gasteiger partial charge in [-0.15, -0.1) is 30.1 Å². The first-order valence-electron chi connectivity index (χ1n) is 15.4. The van der Waals surface area contributed by atoms with Crippen molar-refractivity contribution in [3.63, 3.8) is 0 Å². The first kappa shape index (κ1) is 35.9. The van der Waals surface area contributed by atoms with Gasteiger partial charge in [0, 0.05) is 48.2 Å². The number of hydrogen-bond donors (Lipinski definition) is 4. The maximum Gasteiger partial charge on any atom is 0.325 e. The molecule has 1 aromatic carbocycles. The number of imide groups is 1. The van der Waals surface area contributed by atoms with Crippen LogP contribution in [0.1, 0.15) is 18.5 Å². The molecule has 5 rings (SSSR count). The molecule has 2 aromatic rings. The monoisotopic (exact) mass is 722 g/mol. The first-order valence-corrected chi connectivity index (χ1v) is 17.5. The number of amides is 7. The van der Waals surface area contributed by atoms with Crippen molar-refractivity contribution < 1.29 is 43.3 Å². The molecule has 4 heterocycles. The molecular weight excluding hydrogens is 689 g/mol. The van der Waals surface area contributed by atoms with E-state index in [4.69, 9.17) is 0 Å². The number of nitrogens with zero attached hydrogens (tertiary/aromatic N) is 4. The molecule has 3 aliphatic rings. The lowest BCUT2D eigenvalue weighted by atomic mass is 9.94. The van der Waals surface area contributed by atoms with E-state index in [-0.39, 0.29) is 48.8 Å². The summed E-state index contributed by atoms with van der Waals surface area (Å²) >= 11 is 2.48. The van der Waals surface area contributed by atoms with Gasteiger partial charge in [0.2, 0.25) is 30.4 Å². The Morgan fingerprint density at radius 1 is 1.12 bits per heavy atom. The van der Waals surface area contributed by atoms with Crippen LogP contribution in [0, 0.1) is 0 Å². The van der Waals surface area contributed by atoms with Crippen LogP contribution in [0.2, 0.25) is 0 Å². The zero-order chi connectivity index (χ0) is 36.0. The molecule has 262 valence electrons. The number of hydrogen-bond acceptors (Lipinski definition) is 11. The number of carboxylic acid groups (broad SMARTS) is 1. The van der Waals surface area contributed by atoms with Gasteiger partial charge in [-0.3, -0.25) is 33.8 Å². The molecule has 0 aliphatic carbocycles. The molecule has 0 spiro atoms. The van der Waals surface area contributed by atoms with E-state index < -0.39 is 52.7 Å². The molecule has 3 atom stereocenters. The Balaban J connectivity index is 1.35. The van der Waals surface area contributed by atoms with Crippen molar-refractivity contribution in [1.82, 2.24) is 30.7 Å². The summed E-state index contributed by atoms with van der Waals surface area (Å²) in [4.78, 5) is 94.2. The van der Waals surface area contributed by atoms with Crippen molar-refractivity contribution in [1.29, 1.82) is 0 Å². The number of likely N-dealkylation sites (N-methyl/N-ethyl adjacent to an activating group) is 1. The second-order valence-corrected chi connectivity index (χ2v) is 13.3. The third-order valence-corrected chi connectivity index (χ3v) is 10.7. The Morgan fingerprint density at radius 2 is 1.84 bits per heavy atom. The fourth-order valence-electron chi connectivity index (χ4n) is 5.63. The number of urea groups is 1. The Bertz CT molecular complexity index is 1740. The number of carbonyl (C=O) groups excluding carboxylic acids is 7. The van der Waals surface area contributed by atoms with Crippen LogP contribution in [0.3, 0.4) is 0 Å². The molecule has 0 radical (unpaired) electrons. The van der Waals surface area contributed by atoms with E-state index in [9.17, 15) is 38.7 Å². The topological polar surface area (TPSA) is 204 Å². The van der Waals surface area contributed by atoms with Crippen LogP contribution in [0.5, 0.6) is 0 Å². The highest BCUT2D eigenvalue weighted by Gasteiger charge is 2.65. The minimum Gasteiger partial charge on any atom is -0.543 e. The van der Waals surface area contributed by atoms with Crippen molar-refractivity contribution in [2.45, 2.75) is 28.9 Å². The second kappa shape index (κ2) is 15.5. The minimum absolute atomic E-state index is 0.105. The van der Waals surface area contributed by atoms with E-state index in [0.29, 0.717) is 17.0 Å². The number of piperazine rings is 1. The number of aliphatic carboxylic acids is 1. The number of pyridine rings is 1. The Kier molecular flexibility index (Phi) is 11.1. The van der Waals surface area contributed by atoms with E-state index >= 15 is 0 Å². The lowest BCUT2D eigenvalue weighted by Gasteiger charge is -2.57. The summed E-state index contributed by atoms with van der Waals surface area (Å²) in [7, 11) is 0. The lowest BCUT2D eigenvalue weighted by Crippen LogP contribution is -2.85. The zero-order valence-electron chi connectivity index (χ0n) is 26.8. The number of fused-ring (bicyclic) bond motifs is 1. The minimum atomic E-state index is -2.08. The zero-order valence-corrected chi connectivity index (χ0v) is 28.5. The molecule has 1 aromatic heterocycles. The SMILES string of the molecule is C=CCN[n+]1ccc(SCC2=C(C(=O)[O-])N3C(=O)[C@@](NC=O)(NC(=O)[C@H](NC(=O)N4CCN(CC)C(=O)C4=O)c4ccccc4)[C@H]3SC2)cc1. The number of nitrogens with one attached hydrogen (secondary N) is 4. The average Bonchev–Trinajstić information content (AvgIpc) is 3.12. The molecule has 0 unspecified atom stereocenters. The summed E-state index contributed by atoms with van der Waals surface area (Å²) < 4.78 is 1.74. The molecular formula is C32H34N8O8S2. The van der Waals surface area contributed by atoms with E-state index in [1.165, 1.54) is 28.8 Å². The van der Waals surface area contributed by atoms with Crippen molar-refractivity contribution in [3.8, 4) is 0 Å². The number of β-lactam (4-membered cyclic amide) rings is 1. The van der Waals surface area contributed by atoms with Crippen molar-refractivity contribution >= 4 is 65.6 Å². The van der Waals surface area contributed by atoms with Crippen LogP contribution in [0.25, 0.3) is 0 Å². The molecule has 50 heavy (non-hydrogen) atoms. The third-order valence-electron chi connectivity index (χ3n) is 8.18. The molecule has 2 fully saturated rings. The van der Waals surface area contributed by atoms with E-state index in [1.807, 2.05) is 12.1 Å². The highest BCUT2D eigenvalue weighted by Crippen LogP contribution is 2.45. The van der Waals surface area contributed by atoms with Crippen LogP contribution in [0.15, 0.2) is 83.7 Å². The van der Waals surface area contributed by atoms with Gasteiger partial charge in [0.15, 0.2) is 0 Å². The van der Waals surface area contributed by atoms with Gasteiger partial charge in [-0.25, -0.2) is 4.79 Å². The Hall–Kier alpha value is -5.36. The molecule has 3 aliphatic heterocycles. The van der Waals surface area contributed by atoms with Gasteiger partial charge in [0.25, 0.3) is 5.91 Å². The van der Waals surface area contributed by atoms with Gasteiger partial charge >= 0.3 is 17.8 Å². The van der Waals surface area contributed by atoms with E-state index in [2.05, 4.69) is 28.0 Å². The van der Waals surface area contributed by atoms with Crippen LogP contribution in [0.4, 0.5) is 4.79 Å². The number of carbonyl (C=O) groups is 7. The fraction of sp³-hybridized carbons (Fsp3) is 0.312. The smallest absolute Gasteiger partial charge is 0.325 e. The predicted molar refractivity (Wildman–Crippen MR) is 179 cm³/mol. The third kappa shape index (κ3) is 7.02. The summed E-state index contributed by atoms with van der Waals surface area (Å²) in [5.74, 6) is -5.04. The second-order valence-electron chi connectivity index (χ2n) is 11.2. The van der Waals surface area contributed by atoms with Gasteiger partial charge in [0.1, 0.15) is 11.4 Å². The number of benzene rings is 1. The molecule has 16 nitrogen and oxygen atoms in total. The summed E-state index contributed by atoms with van der Waals surface area (Å²) in [6.45, 7) is 6.20. The van der Waals surface area contributed by atoms with E-state index in [1.54, 1.807) is 48.3 Å². The summed E-state index contributed by atoms with van der Waals surface area (Å²) in [5.41, 5.74) is 1.33. The summed E-state index contributed by atoms with van der Waals surface area (Å²) in [6.07, 6.45) is 5.51. The molecule has 2 saturated heterocycles. The van der Waals surface area contributed by atoms with Gasteiger partial charge in [-0.1, -0.05) is 41.1 Å². The first-order chi connectivity index (χ1) is 24.1. The fourth-order valence-corrected chi connectivity index (χ4v) is 8.08. The predicted octanol–water partition coefficient (Wildman–Crippen LogP) is -1.59. The van der Waals surface area contributed by atoms with Crippen LogP contribution in [-0.2, 0) is 28.8 Å². The number of thioether (sulfide) groups is 2. The maximum atomic E-state index is 13.9. The summed E-state index contributed by atoms with van der Waals surface area (Å²) in [6, 6.07) is 9.11. The number of carboxylic acids is 1. The molecule has 0 saturated carbocycles. The average molecular weight is 723 g/mol. The van der Waals surface area contributed by atoms with Crippen molar-refractivity contribution in [2.24, 2.45) is 0 Å². The van der Waals surface area contributed by atoms with Crippen molar-refractivity contribution in [3.05, 3.63) is 84.3 Å². The van der Waals surface area contributed by atoms with Gasteiger partial charge < -0.3 is 30.8 Å². The Morgan fingerprint density at radius 3 is 2.48 bits per heavy atom. The molecule has 0 bridgehead atoms. The maximum absolute atomic E-state index is 13.9. The van der Waals surface area contributed by atoms with Gasteiger partial charge in [-0.05, 0) is 18.1 Å². The highest BCUT2D eigenvalue weighted by molar-refractivity contribution is 8.01. The molecule has 4 N–H and O–H groups in total.